The predicted molar refractivity (Wildman–Crippen MR) is 61.4 cm³/mol. The first kappa shape index (κ1) is 12.6. The molecule has 0 bridgehead atoms. The van der Waals surface area contributed by atoms with E-state index in [1.165, 1.54) is 0 Å². The van der Waals surface area contributed by atoms with Crippen LogP contribution >= 0.6 is 11.6 Å². The van der Waals surface area contributed by atoms with E-state index < -0.39 is 5.97 Å². The highest BCUT2D eigenvalue weighted by Crippen LogP contribution is 2.16. The molecule has 1 aromatic carbocycles. The summed E-state index contributed by atoms with van der Waals surface area (Å²) < 4.78 is 0. The summed E-state index contributed by atoms with van der Waals surface area (Å²) in [5, 5.41) is 17.8. The normalized spacial score (nSPS) is 9.38. The Balaban J connectivity index is 2.99. The van der Waals surface area contributed by atoms with Crippen LogP contribution in [0.3, 0.4) is 0 Å². The molecule has 0 atom stereocenters. The molecule has 0 aliphatic heterocycles. The summed E-state index contributed by atoms with van der Waals surface area (Å²) in [7, 11) is 0. The molecule has 1 rings (SSSR count). The summed E-state index contributed by atoms with van der Waals surface area (Å²) in [6, 6.07) is 4.92. The fourth-order valence-electron chi connectivity index (χ4n) is 1.20. The van der Waals surface area contributed by atoms with Crippen molar-refractivity contribution in [1.82, 2.24) is 0 Å². The van der Waals surface area contributed by atoms with Crippen LogP contribution in [0.4, 0.5) is 0 Å². The molecule has 0 fully saturated rings. The number of benzene rings is 1. The van der Waals surface area contributed by atoms with E-state index in [0.717, 1.165) is 0 Å². The number of hydrogen-bond acceptors (Lipinski definition) is 2. The molecule has 2 N–H and O–H groups in total. The average molecular weight is 239 g/mol. The molecule has 0 aliphatic rings. The Morgan fingerprint density at radius 1 is 1.44 bits per heavy atom. The van der Waals surface area contributed by atoms with Gasteiger partial charge in [0.1, 0.15) is 0 Å². The van der Waals surface area contributed by atoms with Gasteiger partial charge in [-0.2, -0.15) is 0 Å². The number of aliphatic hydroxyl groups excluding tert-OH is 1. The Hall–Kier alpha value is -1.50. The van der Waals surface area contributed by atoms with E-state index in [2.05, 4.69) is 11.8 Å². The van der Waals surface area contributed by atoms with Gasteiger partial charge in [-0.25, -0.2) is 0 Å². The summed E-state index contributed by atoms with van der Waals surface area (Å²) >= 11 is 5.80. The van der Waals surface area contributed by atoms with Gasteiger partial charge >= 0.3 is 5.97 Å². The van der Waals surface area contributed by atoms with Crippen molar-refractivity contribution in [2.45, 2.75) is 12.8 Å². The Morgan fingerprint density at radius 2 is 2.19 bits per heavy atom. The molecular formula is C12H11ClO3. The number of carbonyl (C=O) groups is 1. The lowest BCUT2D eigenvalue weighted by molar-refractivity contribution is -0.136. The van der Waals surface area contributed by atoms with Crippen LogP contribution in [0.2, 0.25) is 5.02 Å². The summed E-state index contributed by atoms with van der Waals surface area (Å²) in [6.07, 6.45) is 0.277. The second-order valence-corrected chi connectivity index (χ2v) is 3.58. The zero-order valence-electron chi connectivity index (χ0n) is 8.53. The summed E-state index contributed by atoms with van der Waals surface area (Å²) in [5.74, 6) is 4.63. The third-order valence-electron chi connectivity index (χ3n) is 1.87. The lowest BCUT2D eigenvalue weighted by Gasteiger charge is -2.01. The number of hydrogen-bond donors (Lipinski definition) is 2. The third-order valence-corrected chi connectivity index (χ3v) is 2.11. The molecule has 84 valence electrons. The van der Waals surface area contributed by atoms with Gasteiger partial charge in [-0.05, 0) is 17.7 Å². The molecule has 0 heterocycles. The van der Waals surface area contributed by atoms with Gasteiger partial charge in [0.2, 0.25) is 0 Å². The highest BCUT2D eigenvalue weighted by Gasteiger charge is 2.05. The van der Waals surface area contributed by atoms with Crippen LogP contribution in [0.5, 0.6) is 0 Å². The van der Waals surface area contributed by atoms with E-state index in [0.29, 0.717) is 22.6 Å². The third kappa shape index (κ3) is 3.93. The number of aliphatic carboxylic acids is 1. The van der Waals surface area contributed by atoms with Crippen molar-refractivity contribution in [1.29, 1.82) is 0 Å². The first-order chi connectivity index (χ1) is 7.63. The van der Waals surface area contributed by atoms with Gasteiger partial charge in [-0.3, -0.25) is 4.79 Å². The second kappa shape index (κ2) is 6.16. The highest BCUT2D eigenvalue weighted by atomic mass is 35.5. The maximum Gasteiger partial charge on any atom is 0.307 e. The number of aliphatic hydroxyl groups is 1. The molecule has 0 aromatic heterocycles. The zero-order valence-corrected chi connectivity index (χ0v) is 9.29. The average Bonchev–Trinajstić information content (AvgIpc) is 2.22. The van der Waals surface area contributed by atoms with Crippen molar-refractivity contribution in [3.63, 3.8) is 0 Å². The SMILES string of the molecule is O=C(O)Cc1ccc(Cl)cc1C#CCCO. The van der Waals surface area contributed by atoms with Gasteiger partial charge in [0, 0.05) is 17.0 Å². The minimum absolute atomic E-state index is 0.0121. The van der Waals surface area contributed by atoms with Crippen molar-refractivity contribution in [3.8, 4) is 11.8 Å². The van der Waals surface area contributed by atoms with E-state index >= 15 is 0 Å². The monoisotopic (exact) mass is 238 g/mol. The standard InChI is InChI=1S/C12H11ClO3/c13-11-5-4-10(8-12(15)16)9(7-11)3-1-2-6-14/h4-5,7,14H,2,6,8H2,(H,15,16). The van der Waals surface area contributed by atoms with Crippen molar-refractivity contribution >= 4 is 17.6 Å². The van der Waals surface area contributed by atoms with E-state index in [-0.39, 0.29) is 13.0 Å². The maximum atomic E-state index is 10.6. The van der Waals surface area contributed by atoms with Gasteiger partial charge in [-0.15, -0.1) is 0 Å². The molecule has 0 amide bonds. The number of carboxylic acids is 1. The molecule has 0 saturated carbocycles. The van der Waals surface area contributed by atoms with Crippen LogP contribution in [-0.2, 0) is 11.2 Å². The largest absolute Gasteiger partial charge is 0.481 e. The van der Waals surface area contributed by atoms with Crippen molar-refractivity contribution in [2.75, 3.05) is 6.61 Å². The van der Waals surface area contributed by atoms with Crippen molar-refractivity contribution in [3.05, 3.63) is 34.3 Å². The number of halogens is 1. The maximum absolute atomic E-state index is 10.6. The lowest BCUT2D eigenvalue weighted by atomic mass is 10.0. The molecule has 4 heteroatoms. The molecule has 0 saturated heterocycles. The number of rotatable bonds is 3. The van der Waals surface area contributed by atoms with Crippen molar-refractivity contribution < 1.29 is 15.0 Å². The van der Waals surface area contributed by atoms with Crippen LogP contribution in [0.1, 0.15) is 17.5 Å². The highest BCUT2D eigenvalue weighted by molar-refractivity contribution is 6.30. The summed E-state index contributed by atoms with van der Waals surface area (Å²) in [5.41, 5.74) is 1.23. The van der Waals surface area contributed by atoms with Crippen LogP contribution in [0.25, 0.3) is 0 Å². The van der Waals surface area contributed by atoms with E-state index in [9.17, 15) is 4.79 Å². The molecular weight excluding hydrogens is 228 g/mol. The Bertz CT molecular complexity index is 443. The van der Waals surface area contributed by atoms with E-state index in [1.54, 1.807) is 18.2 Å². The second-order valence-electron chi connectivity index (χ2n) is 3.15. The number of carboxylic acid groups (broad SMARTS) is 1. The molecule has 0 spiro atoms. The summed E-state index contributed by atoms with van der Waals surface area (Å²) in [6.45, 7) is -0.0121. The van der Waals surface area contributed by atoms with Crippen LogP contribution < -0.4 is 0 Å². The van der Waals surface area contributed by atoms with Gasteiger partial charge in [0.15, 0.2) is 0 Å². The van der Waals surface area contributed by atoms with Crippen LogP contribution in [0.15, 0.2) is 18.2 Å². The fraction of sp³-hybridized carbons (Fsp3) is 0.250. The molecule has 0 radical (unpaired) electrons. The Labute approximate surface area is 98.7 Å². The molecule has 16 heavy (non-hydrogen) atoms. The summed E-state index contributed by atoms with van der Waals surface area (Å²) in [4.78, 5) is 10.6. The van der Waals surface area contributed by atoms with Gasteiger partial charge < -0.3 is 10.2 Å². The first-order valence-electron chi connectivity index (χ1n) is 4.73. The first-order valence-corrected chi connectivity index (χ1v) is 5.11. The Morgan fingerprint density at radius 3 is 2.81 bits per heavy atom. The zero-order chi connectivity index (χ0) is 12.0. The van der Waals surface area contributed by atoms with Crippen molar-refractivity contribution in [2.24, 2.45) is 0 Å². The predicted octanol–water partition coefficient (Wildman–Crippen LogP) is 1.70. The molecule has 1 aromatic rings. The van der Waals surface area contributed by atoms with Crippen LogP contribution in [0, 0.1) is 11.8 Å². The molecule has 3 nitrogen and oxygen atoms in total. The van der Waals surface area contributed by atoms with Crippen LogP contribution in [-0.4, -0.2) is 22.8 Å². The van der Waals surface area contributed by atoms with Gasteiger partial charge in [0.25, 0.3) is 0 Å². The minimum atomic E-state index is -0.910. The smallest absolute Gasteiger partial charge is 0.307 e. The van der Waals surface area contributed by atoms with E-state index in [1.807, 2.05) is 0 Å². The minimum Gasteiger partial charge on any atom is -0.481 e. The fourth-order valence-corrected chi connectivity index (χ4v) is 1.37. The lowest BCUT2D eigenvalue weighted by Crippen LogP contribution is -2.02. The topological polar surface area (TPSA) is 57.5 Å². The molecule has 0 unspecified atom stereocenters. The quantitative estimate of drug-likeness (QED) is 0.788. The van der Waals surface area contributed by atoms with Gasteiger partial charge in [-0.1, -0.05) is 29.5 Å². The Kier molecular flexibility index (Phi) is 4.84. The molecule has 0 aliphatic carbocycles. The van der Waals surface area contributed by atoms with E-state index in [4.69, 9.17) is 21.8 Å². The van der Waals surface area contributed by atoms with Gasteiger partial charge in [0.05, 0.1) is 13.0 Å².